The first-order chi connectivity index (χ1) is 9.82. The molecule has 1 aromatic heterocycles. The molecule has 21 heavy (non-hydrogen) atoms. The van der Waals surface area contributed by atoms with Gasteiger partial charge in [0.05, 0.1) is 11.0 Å². The molecule has 0 saturated heterocycles. The third-order valence-corrected chi connectivity index (χ3v) is 3.77. The Balaban J connectivity index is 2.64. The maximum absolute atomic E-state index is 12.3. The van der Waals surface area contributed by atoms with Crippen LogP contribution < -0.4 is 5.69 Å². The highest BCUT2D eigenvalue weighted by Crippen LogP contribution is 2.23. The van der Waals surface area contributed by atoms with Crippen LogP contribution in [0.1, 0.15) is 18.9 Å². The van der Waals surface area contributed by atoms with Crippen molar-refractivity contribution in [1.82, 2.24) is 9.13 Å². The number of hydrogen-bond donors (Lipinski definition) is 2. The molecule has 1 heterocycles. The van der Waals surface area contributed by atoms with Crippen molar-refractivity contribution in [2.75, 3.05) is 0 Å². The van der Waals surface area contributed by atoms with Gasteiger partial charge in [0, 0.05) is 17.9 Å². The van der Waals surface area contributed by atoms with Gasteiger partial charge in [0.2, 0.25) is 0 Å². The van der Waals surface area contributed by atoms with E-state index in [2.05, 4.69) is 15.9 Å². The molecule has 0 aliphatic rings. The van der Waals surface area contributed by atoms with Crippen molar-refractivity contribution in [3.05, 3.63) is 33.2 Å². The lowest BCUT2D eigenvalue weighted by atomic mass is 10.1. The zero-order chi connectivity index (χ0) is 15.7. The number of rotatable bonds is 5. The van der Waals surface area contributed by atoms with E-state index in [0.717, 1.165) is 4.57 Å². The molecule has 0 spiro atoms. The van der Waals surface area contributed by atoms with E-state index in [4.69, 9.17) is 5.11 Å². The zero-order valence-corrected chi connectivity index (χ0v) is 12.7. The molecule has 0 saturated carbocycles. The topological polar surface area (TPSA) is 102 Å². The molecule has 1 atom stereocenters. The minimum absolute atomic E-state index is 0.157. The summed E-state index contributed by atoms with van der Waals surface area (Å²) < 4.78 is 3.18. The standard InChI is InChI=1S/C13H13BrN2O5/c1-15-8-3-2-7(14)6-10(8)16(13(15)21)9(12(19)20)4-5-11(17)18/h2-3,6,9H,4-5H2,1H3,(H,17,18)(H,19,20). The molecule has 1 aromatic carbocycles. The van der Waals surface area contributed by atoms with Crippen molar-refractivity contribution in [3.8, 4) is 0 Å². The highest BCUT2D eigenvalue weighted by atomic mass is 79.9. The molecule has 0 radical (unpaired) electrons. The molecule has 112 valence electrons. The Morgan fingerprint density at radius 2 is 1.95 bits per heavy atom. The zero-order valence-electron chi connectivity index (χ0n) is 11.1. The van der Waals surface area contributed by atoms with Gasteiger partial charge in [-0.15, -0.1) is 0 Å². The predicted octanol–water partition coefficient (Wildman–Crippen LogP) is 1.59. The van der Waals surface area contributed by atoms with Crippen LogP contribution in [-0.4, -0.2) is 31.3 Å². The van der Waals surface area contributed by atoms with Crippen molar-refractivity contribution in [3.63, 3.8) is 0 Å². The fourth-order valence-electron chi connectivity index (χ4n) is 2.27. The molecule has 0 aliphatic heterocycles. The Labute approximate surface area is 127 Å². The Morgan fingerprint density at radius 1 is 1.29 bits per heavy atom. The van der Waals surface area contributed by atoms with Crippen LogP contribution in [-0.2, 0) is 16.6 Å². The SMILES string of the molecule is Cn1c(=O)n(C(CCC(=O)O)C(=O)O)c2cc(Br)ccc21. The molecule has 0 fully saturated rings. The second kappa shape index (κ2) is 5.72. The summed E-state index contributed by atoms with van der Waals surface area (Å²) in [5.74, 6) is -2.33. The monoisotopic (exact) mass is 356 g/mol. The minimum atomic E-state index is -1.23. The molecule has 0 amide bonds. The van der Waals surface area contributed by atoms with E-state index in [1.54, 1.807) is 25.2 Å². The predicted molar refractivity (Wildman–Crippen MR) is 78.4 cm³/mol. The number of carboxylic acids is 2. The molecule has 7 nitrogen and oxygen atoms in total. The average molecular weight is 357 g/mol. The van der Waals surface area contributed by atoms with E-state index in [0.29, 0.717) is 15.5 Å². The summed E-state index contributed by atoms with van der Waals surface area (Å²) in [4.78, 5) is 34.4. The summed E-state index contributed by atoms with van der Waals surface area (Å²) in [6, 6.07) is 3.88. The van der Waals surface area contributed by atoms with Gasteiger partial charge < -0.3 is 10.2 Å². The van der Waals surface area contributed by atoms with Crippen LogP contribution in [0.25, 0.3) is 11.0 Å². The Bertz CT molecular complexity index is 777. The van der Waals surface area contributed by atoms with Crippen molar-refractivity contribution >= 4 is 38.9 Å². The highest BCUT2D eigenvalue weighted by Gasteiger charge is 2.26. The summed E-state index contributed by atoms with van der Waals surface area (Å²) in [6.07, 6.45) is -0.482. The summed E-state index contributed by atoms with van der Waals surface area (Å²) in [7, 11) is 1.55. The smallest absolute Gasteiger partial charge is 0.329 e. The quantitative estimate of drug-likeness (QED) is 0.846. The fourth-order valence-corrected chi connectivity index (χ4v) is 2.61. The Hall–Kier alpha value is -2.09. The number of benzene rings is 1. The number of aryl methyl sites for hydroxylation is 1. The van der Waals surface area contributed by atoms with Crippen molar-refractivity contribution in [1.29, 1.82) is 0 Å². The van der Waals surface area contributed by atoms with Crippen LogP contribution in [0.5, 0.6) is 0 Å². The van der Waals surface area contributed by atoms with E-state index < -0.39 is 23.7 Å². The van der Waals surface area contributed by atoms with Gasteiger partial charge >= 0.3 is 17.6 Å². The van der Waals surface area contributed by atoms with E-state index in [1.807, 2.05) is 0 Å². The molecule has 0 aliphatic carbocycles. The lowest BCUT2D eigenvalue weighted by Crippen LogP contribution is -2.31. The normalized spacial score (nSPS) is 12.5. The molecular weight excluding hydrogens is 344 g/mol. The summed E-state index contributed by atoms with van der Waals surface area (Å²) >= 11 is 3.28. The fraction of sp³-hybridized carbons (Fsp3) is 0.308. The van der Waals surface area contributed by atoms with Gasteiger partial charge in [-0.25, -0.2) is 9.59 Å². The average Bonchev–Trinajstić information content (AvgIpc) is 2.63. The number of hydrogen-bond acceptors (Lipinski definition) is 3. The van der Waals surface area contributed by atoms with Gasteiger partial charge in [-0.2, -0.15) is 0 Å². The van der Waals surface area contributed by atoms with Crippen LogP contribution in [0.3, 0.4) is 0 Å². The number of aromatic nitrogens is 2. The number of nitrogens with zero attached hydrogens (tertiary/aromatic N) is 2. The number of fused-ring (bicyclic) bond motifs is 1. The molecular formula is C13H13BrN2O5. The third kappa shape index (κ3) is 2.85. The van der Waals surface area contributed by atoms with E-state index in [-0.39, 0.29) is 12.8 Å². The Kier molecular flexibility index (Phi) is 4.17. The van der Waals surface area contributed by atoms with Crippen LogP contribution >= 0.6 is 15.9 Å². The number of aliphatic carboxylic acids is 2. The van der Waals surface area contributed by atoms with Crippen molar-refractivity contribution in [2.45, 2.75) is 18.9 Å². The molecule has 2 rings (SSSR count). The molecule has 2 aromatic rings. The summed E-state index contributed by atoms with van der Waals surface area (Å²) in [5.41, 5.74) is 0.556. The summed E-state index contributed by atoms with van der Waals surface area (Å²) in [5, 5.41) is 18.1. The second-order valence-electron chi connectivity index (χ2n) is 4.63. The van der Waals surface area contributed by atoms with Crippen molar-refractivity contribution < 1.29 is 19.8 Å². The van der Waals surface area contributed by atoms with Gasteiger partial charge in [-0.05, 0) is 24.6 Å². The molecule has 1 unspecified atom stereocenters. The van der Waals surface area contributed by atoms with Gasteiger partial charge in [-0.1, -0.05) is 15.9 Å². The van der Waals surface area contributed by atoms with E-state index in [1.165, 1.54) is 4.57 Å². The highest BCUT2D eigenvalue weighted by molar-refractivity contribution is 9.10. The molecule has 2 N–H and O–H groups in total. The third-order valence-electron chi connectivity index (χ3n) is 3.28. The maximum Gasteiger partial charge on any atom is 0.329 e. The number of carbonyl (C=O) groups is 2. The second-order valence-corrected chi connectivity index (χ2v) is 5.55. The first kappa shape index (κ1) is 15.3. The summed E-state index contributed by atoms with van der Waals surface area (Å²) in [6.45, 7) is 0. The van der Waals surface area contributed by atoms with Crippen molar-refractivity contribution in [2.24, 2.45) is 7.05 Å². The van der Waals surface area contributed by atoms with Gasteiger partial charge in [0.25, 0.3) is 0 Å². The van der Waals surface area contributed by atoms with E-state index in [9.17, 15) is 19.5 Å². The Morgan fingerprint density at radius 3 is 2.52 bits per heavy atom. The van der Waals surface area contributed by atoms with Gasteiger partial charge in [0.1, 0.15) is 6.04 Å². The largest absolute Gasteiger partial charge is 0.481 e. The first-order valence-electron chi connectivity index (χ1n) is 6.14. The lowest BCUT2D eigenvalue weighted by molar-refractivity contribution is -0.142. The van der Waals surface area contributed by atoms with Crippen LogP contribution in [0.4, 0.5) is 0 Å². The number of halogens is 1. The minimum Gasteiger partial charge on any atom is -0.481 e. The van der Waals surface area contributed by atoms with Gasteiger partial charge in [-0.3, -0.25) is 13.9 Å². The van der Waals surface area contributed by atoms with Gasteiger partial charge in [0.15, 0.2) is 0 Å². The van der Waals surface area contributed by atoms with Crippen LogP contribution in [0.2, 0.25) is 0 Å². The lowest BCUT2D eigenvalue weighted by Gasteiger charge is -2.13. The van der Waals surface area contributed by atoms with Crippen LogP contribution in [0.15, 0.2) is 27.5 Å². The number of imidazole rings is 1. The maximum atomic E-state index is 12.3. The molecule has 8 heteroatoms. The van der Waals surface area contributed by atoms with E-state index >= 15 is 0 Å². The first-order valence-corrected chi connectivity index (χ1v) is 6.93. The molecule has 0 bridgehead atoms. The number of carboxylic acid groups (broad SMARTS) is 2. The van der Waals surface area contributed by atoms with Crippen LogP contribution in [0, 0.1) is 0 Å².